The molecule has 0 aromatic rings. The van der Waals surface area contributed by atoms with Crippen LogP contribution in [0.25, 0.3) is 0 Å². The molecule has 4 nitrogen and oxygen atoms in total. The maximum atomic E-state index is 13.0. The summed E-state index contributed by atoms with van der Waals surface area (Å²) in [6, 6.07) is 0. The van der Waals surface area contributed by atoms with Gasteiger partial charge in [0.15, 0.2) is 17.4 Å². The van der Waals surface area contributed by atoms with Crippen LogP contribution in [0.2, 0.25) is 0 Å². The molecule has 0 radical (unpaired) electrons. The number of ketones is 2. The third kappa shape index (κ3) is 2.28. The maximum absolute atomic E-state index is 13.0. The van der Waals surface area contributed by atoms with Crippen molar-refractivity contribution in [2.45, 2.75) is 82.7 Å². The first kappa shape index (κ1) is 18.3. The third-order valence-electron chi connectivity index (χ3n) is 8.85. The van der Waals surface area contributed by atoms with Gasteiger partial charge >= 0.3 is 0 Å². The van der Waals surface area contributed by atoms with Gasteiger partial charge in [-0.3, -0.25) is 9.59 Å². The van der Waals surface area contributed by atoms with Gasteiger partial charge in [0.25, 0.3) is 0 Å². The van der Waals surface area contributed by atoms with E-state index in [0.717, 1.165) is 44.1 Å². The second-order valence-corrected chi connectivity index (χ2v) is 10.7. The maximum Gasteiger partial charge on any atom is 0.182 e. The molecular formula is C25H30O4. The summed E-state index contributed by atoms with van der Waals surface area (Å²) in [4.78, 5) is 25.0. The predicted octanol–water partition coefficient (Wildman–Crippen LogP) is 4.45. The number of ether oxygens (including phenoxy) is 2. The van der Waals surface area contributed by atoms with Gasteiger partial charge in [-0.05, 0) is 81.1 Å². The molecule has 2 bridgehead atoms. The zero-order chi connectivity index (χ0) is 20.2. The van der Waals surface area contributed by atoms with Gasteiger partial charge in [0.05, 0.1) is 5.60 Å². The lowest BCUT2D eigenvalue weighted by Gasteiger charge is -2.56. The molecule has 6 aliphatic rings. The Bertz CT molecular complexity index is 921. The van der Waals surface area contributed by atoms with Crippen LogP contribution in [-0.4, -0.2) is 28.6 Å². The average Bonchev–Trinajstić information content (AvgIpc) is 3.16. The lowest BCUT2D eigenvalue weighted by molar-refractivity contribution is -0.340. The summed E-state index contributed by atoms with van der Waals surface area (Å²) in [6.07, 6.45) is 12.1. The minimum Gasteiger partial charge on any atom is -0.344 e. The van der Waals surface area contributed by atoms with Crippen LogP contribution < -0.4 is 0 Å². The molecule has 0 amide bonds. The Morgan fingerprint density at radius 1 is 1.00 bits per heavy atom. The van der Waals surface area contributed by atoms with Crippen LogP contribution >= 0.6 is 0 Å². The highest BCUT2D eigenvalue weighted by molar-refractivity contribution is 6.12. The summed E-state index contributed by atoms with van der Waals surface area (Å²) in [7, 11) is 0. The third-order valence-corrected chi connectivity index (χ3v) is 8.85. The van der Waals surface area contributed by atoms with Crippen molar-refractivity contribution >= 4 is 11.6 Å². The van der Waals surface area contributed by atoms with E-state index in [1.54, 1.807) is 6.08 Å². The number of fused-ring (bicyclic) bond motifs is 3. The number of carbonyl (C=O) groups excluding carboxylic acids is 2. The molecule has 4 aliphatic carbocycles. The van der Waals surface area contributed by atoms with Crippen molar-refractivity contribution in [2.24, 2.45) is 23.7 Å². The van der Waals surface area contributed by atoms with Crippen LogP contribution in [0.4, 0.5) is 0 Å². The largest absolute Gasteiger partial charge is 0.344 e. The topological polar surface area (TPSA) is 52.6 Å². The molecule has 1 spiro atoms. The molecular weight excluding hydrogens is 364 g/mol. The van der Waals surface area contributed by atoms with E-state index < -0.39 is 11.4 Å². The molecule has 0 aromatic heterocycles. The molecule has 29 heavy (non-hydrogen) atoms. The monoisotopic (exact) mass is 394 g/mol. The number of carbonyl (C=O) groups is 2. The molecule has 2 heterocycles. The van der Waals surface area contributed by atoms with Crippen molar-refractivity contribution in [3.05, 3.63) is 34.9 Å². The highest BCUT2D eigenvalue weighted by Crippen LogP contribution is 2.66. The normalized spacial score (nSPS) is 47.2. The SMILES string of the molecule is CC1C2CC[C@]3(OC14CCC(C)(C)O4)C1=CC(=O)C4=CC(=O)CCC4C1=CCC23. The zero-order valence-corrected chi connectivity index (χ0v) is 17.6. The van der Waals surface area contributed by atoms with Gasteiger partial charge in [-0.2, -0.15) is 0 Å². The second-order valence-electron chi connectivity index (χ2n) is 10.7. The van der Waals surface area contributed by atoms with E-state index in [1.165, 1.54) is 5.57 Å². The quantitative estimate of drug-likeness (QED) is 0.609. The van der Waals surface area contributed by atoms with Gasteiger partial charge in [0, 0.05) is 30.3 Å². The fraction of sp³-hybridized carbons (Fsp3) is 0.680. The molecule has 4 heteroatoms. The predicted molar refractivity (Wildman–Crippen MR) is 108 cm³/mol. The Labute approximate surface area is 172 Å². The molecule has 0 N–H and O–H groups in total. The minimum absolute atomic E-state index is 0.0117. The minimum atomic E-state index is -0.536. The highest BCUT2D eigenvalue weighted by Gasteiger charge is 2.68. The first-order valence-corrected chi connectivity index (χ1v) is 11.4. The Morgan fingerprint density at radius 2 is 1.83 bits per heavy atom. The fourth-order valence-corrected chi connectivity index (χ4v) is 7.47. The zero-order valence-electron chi connectivity index (χ0n) is 17.6. The summed E-state index contributed by atoms with van der Waals surface area (Å²) < 4.78 is 13.7. The van der Waals surface area contributed by atoms with E-state index in [2.05, 4.69) is 26.8 Å². The lowest BCUT2D eigenvalue weighted by Crippen LogP contribution is -2.60. The van der Waals surface area contributed by atoms with E-state index in [9.17, 15) is 9.59 Å². The molecule has 0 aromatic carbocycles. The van der Waals surface area contributed by atoms with E-state index in [4.69, 9.17) is 9.47 Å². The van der Waals surface area contributed by atoms with Crippen LogP contribution in [0.3, 0.4) is 0 Å². The Balaban J connectivity index is 1.47. The van der Waals surface area contributed by atoms with Gasteiger partial charge < -0.3 is 9.47 Å². The highest BCUT2D eigenvalue weighted by atomic mass is 16.7. The summed E-state index contributed by atoms with van der Waals surface area (Å²) in [5.74, 6) is 0.976. The number of hydrogen-bond acceptors (Lipinski definition) is 4. The standard InChI is InChI=1S/C25H30O4/c1-14-16-8-9-24(29-25(14)11-10-23(2,3)28-25)20(16)7-6-18-17-5-4-15(26)12-19(17)22(27)13-21(18)24/h6,12-14,16-17,20H,4-5,7-11H2,1-3H3/t14?,16?,17?,20?,24-,25?/m1/s1. The first-order chi connectivity index (χ1) is 13.7. The number of allylic oxidation sites excluding steroid dienone is 4. The van der Waals surface area contributed by atoms with Gasteiger partial charge in [-0.15, -0.1) is 0 Å². The smallest absolute Gasteiger partial charge is 0.182 e. The van der Waals surface area contributed by atoms with Crippen LogP contribution in [-0.2, 0) is 19.1 Å². The molecule has 2 saturated heterocycles. The Kier molecular flexibility index (Phi) is 3.52. The van der Waals surface area contributed by atoms with Crippen molar-refractivity contribution in [1.29, 1.82) is 0 Å². The van der Waals surface area contributed by atoms with Gasteiger partial charge in [-0.25, -0.2) is 0 Å². The van der Waals surface area contributed by atoms with Crippen LogP contribution in [0.5, 0.6) is 0 Å². The average molecular weight is 395 g/mol. The molecule has 1 saturated carbocycles. The fourth-order valence-electron chi connectivity index (χ4n) is 7.47. The van der Waals surface area contributed by atoms with Gasteiger partial charge in [-0.1, -0.05) is 13.0 Å². The second kappa shape index (κ2) is 5.59. The molecule has 2 aliphatic heterocycles. The van der Waals surface area contributed by atoms with Crippen molar-refractivity contribution in [2.75, 3.05) is 0 Å². The van der Waals surface area contributed by atoms with Crippen molar-refractivity contribution < 1.29 is 19.1 Å². The number of hydrogen-bond donors (Lipinski definition) is 0. The van der Waals surface area contributed by atoms with Gasteiger partial charge in [0.2, 0.25) is 0 Å². The van der Waals surface area contributed by atoms with Crippen molar-refractivity contribution in [3.63, 3.8) is 0 Å². The Morgan fingerprint density at radius 3 is 2.59 bits per heavy atom. The summed E-state index contributed by atoms with van der Waals surface area (Å²) >= 11 is 0. The lowest BCUT2D eigenvalue weighted by atomic mass is 9.60. The van der Waals surface area contributed by atoms with Crippen LogP contribution in [0.1, 0.15) is 65.7 Å². The van der Waals surface area contributed by atoms with E-state index in [-0.39, 0.29) is 23.1 Å². The van der Waals surface area contributed by atoms with Crippen molar-refractivity contribution in [3.8, 4) is 0 Å². The number of rotatable bonds is 0. The molecule has 6 rings (SSSR count). The van der Waals surface area contributed by atoms with Gasteiger partial charge in [0.1, 0.15) is 5.60 Å². The van der Waals surface area contributed by atoms with E-state index >= 15 is 0 Å². The summed E-state index contributed by atoms with van der Waals surface area (Å²) in [5, 5.41) is 0. The Hall–Kier alpha value is -1.52. The van der Waals surface area contributed by atoms with Crippen LogP contribution in [0, 0.1) is 23.7 Å². The van der Waals surface area contributed by atoms with Crippen molar-refractivity contribution in [1.82, 2.24) is 0 Å². The first-order valence-electron chi connectivity index (χ1n) is 11.4. The van der Waals surface area contributed by atoms with Crippen LogP contribution in [0.15, 0.2) is 34.9 Å². The molecule has 5 unspecified atom stereocenters. The van der Waals surface area contributed by atoms with E-state index in [0.29, 0.717) is 29.7 Å². The molecule has 6 atom stereocenters. The summed E-state index contributed by atoms with van der Waals surface area (Å²) in [6.45, 7) is 6.64. The summed E-state index contributed by atoms with van der Waals surface area (Å²) in [5.41, 5.74) is 2.49. The molecule has 154 valence electrons. The molecule has 3 fully saturated rings. The van der Waals surface area contributed by atoms with E-state index in [1.807, 2.05) is 6.08 Å².